The zero-order valence-corrected chi connectivity index (χ0v) is 11.7. The van der Waals surface area contributed by atoms with Crippen molar-refractivity contribution < 1.29 is 14.7 Å². The molecule has 0 bridgehead atoms. The zero-order valence-electron chi connectivity index (χ0n) is 10.9. The number of anilines is 1. The van der Waals surface area contributed by atoms with Gasteiger partial charge in [-0.25, -0.2) is 9.59 Å². The van der Waals surface area contributed by atoms with E-state index in [-0.39, 0.29) is 20.8 Å². The van der Waals surface area contributed by atoms with E-state index < -0.39 is 23.1 Å². The number of carboxylic acid groups (broad SMARTS) is 1. The maximum absolute atomic E-state index is 12.2. The third-order valence-corrected chi connectivity index (χ3v) is 4.04. The van der Waals surface area contributed by atoms with Crippen LogP contribution >= 0.6 is 11.3 Å². The molecule has 2 aromatic rings. The molecule has 20 heavy (non-hydrogen) atoms. The summed E-state index contributed by atoms with van der Waals surface area (Å²) in [4.78, 5) is 46.4. The summed E-state index contributed by atoms with van der Waals surface area (Å²) in [5.74, 6) is -1.77. The molecule has 2 rings (SSSR count). The van der Waals surface area contributed by atoms with Crippen molar-refractivity contribution in [3.63, 3.8) is 0 Å². The molecule has 0 atom stereocenters. The van der Waals surface area contributed by atoms with Crippen LogP contribution in [0, 0.1) is 0 Å². The number of nitrogens with zero attached hydrogens (tertiary/aromatic N) is 2. The number of aryl methyl sites for hydroxylation is 1. The summed E-state index contributed by atoms with van der Waals surface area (Å²) >= 11 is 0.773. The minimum absolute atomic E-state index is 0.0206. The third kappa shape index (κ3) is 1.92. The molecule has 2 heterocycles. The molecular formula is C11H11N3O5S. The zero-order chi connectivity index (χ0) is 15.2. The van der Waals surface area contributed by atoms with Gasteiger partial charge in [0.1, 0.15) is 9.71 Å². The van der Waals surface area contributed by atoms with Gasteiger partial charge in [-0.1, -0.05) is 0 Å². The Hall–Kier alpha value is -2.42. The van der Waals surface area contributed by atoms with Gasteiger partial charge in [-0.05, 0) is 0 Å². The molecule has 0 saturated carbocycles. The van der Waals surface area contributed by atoms with Gasteiger partial charge in [0.15, 0.2) is 0 Å². The Bertz CT molecular complexity index is 858. The van der Waals surface area contributed by atoms with Crippen LogP contribution in [-0.4, -0.2) is 26.1 Å². The van der Waals surface area contributed by atoms with E-state index in [9.17, 15) is 19.2 Å². The number of carboxylic acids is 1. The minimum atomic E-state index is -1.27. The normalized spacial score (nSPS) is 10.8. The Labute approximate surface area is 115 Å². The average Bonchev–Trinajstić information content (AvgIpc) is 2.72. The molecule has 0 aliphatic heterocycles. The average molecular weight is 297 g/mol. The first-order valence-corrected chi connectivity index (χ1v) is 6.30. The fourth-order valence-electron chi connectivity index (χ4n) is 1.87. The molecule has 0 spiro atoms. The lowest BCUT2D eigenvalue weighted by molar-refractivity contribution is -0.114. The summed E-state index contributed by atoms with van der Waals surface area (Å²) in [7, 11) is 2.73. The second-order valence-corrected chi connectivity index (χ2v) is 5.18. The summed E-state index contributed by atoms with van der Waals surface area (Å²) in [6.07, 6.45) is 0. The number of hydrogen-bond donors (Lipinski definition) is 2. The number of amides is 1. The van der Waals surface area contributed by atoms with Crippen LogP contribution in [-0.2, 0) is 18.9 Å². The van der Waals surface area contributed by atoms with E-state index in [2.05, 4.69) is 5.32 Å². The minimum Gasteiger partial charge on any atom is -0.477 e. The van der Waals surface area contributed by atoms with Crippen LogP contribution in [0.4, 0.5) is 5.69 Å². The fraction of sp³-hybridized carbons (Fsp3) is 0.273. The lowest BCUT2D eigenvalue weighted by atomic mass is 10.3. The monoisotopic (exact) mass is 297 g/mol. The van der Waals surface area contributed by atoms with Crippen LogP contribution in [0.2, 0.25) is 0 Å². The molecule has 8 nitrogen and oxygen atoms in total. The fourth-order valence-corrected chi connectivity index (χ4v) is 2.91. The van der Waals surface area contributed by atoms with Gasteiger partial charge in [-0.15, -0.1) is 11.3 Å². The molecule has 0 fully saturated rings. The number of nitrogens with one attached hydrogen (secondary N) is 1. The molecule has 2 aromatic heterocycles. The smallest absolute Gasteiger partial charge is 0.348 e. The third-order valence-electron chi connectivity index (χ3n) is 2.78. The lowest BCUT2D eigenvalue weighted by Gasteiger charge is -2.05. The lowest BCUT2D eigenvalue weighted by Crippen LogP contribution is -2.36. The number of thiophene rings is 1. The second kappa shape index (κ2) is 4.60. The highest BCUT2D eigenvalue weighted by molar-refractivity contribution is 7.21. The number of carbonyl (C=O) groups excluding carboxylic acids is 1. The van der Waals surface area contributed by atoms with Crippen molar-refractivity contribution in [2.24, 2.45) is 14.1 Å². The van der Waals surface area contributed by atoms with E-state index in [1.165, 1.54) is 25.6 Å². The van der Waals surface area contributed by atoms with E-state index in [0.29, 0.717) is 0 Å². The first-order valence-electron chi connectivity index (χ1n) is 5.49. The van der Waals surface area contributed by atoms with Gasteiger partial charge in [0.2, 0.25) is 5.91 Å². The number of aromatic nitrogens is 2. The number of carbonyl (C=O) groups is 2. The molecule has 106 valence electrons. The first kappa shape index (κ1) is 14.0. The largest absolute Gasteiger partial charge is 0.477 e. The Morgan fingerprint density at radius 2 is 1.80 bits per heavy atom. The van der Waals surface area contributed by atoms with Gasteiger partial charge in [-0.2, -0.15) is 0 Å². The molecule has 0 aliphatic rings. The van der Waals surface area contributed by atoms with Crippen molar-refractivity contribution in [2.75, 3.05) is 5.32 Å². The molecule has 0 aromatic carbocycles. The van der Waals surface area contributed by atoms with E-state index in [1.807, 2.05) is 0 Å². The number of aromatic carboxylic acids is 1. The standard InChI is InChI=1S/C11H11N3O5S/c1-4(15)12-6-5-8(16)13(2)11(19)14(3)9(5)20-7(6)10(17)18/h1-3H3,(H,12,15)(H,17,18). The summed E-state index contributed by atoms with van der Waals surface area (Å²) in [6.45, 7) is 1.21. The van der Waals surface area contributed by atoms with Crippen molar-refractivity contribution in [1.82, 2.24) is 9.13 Å². The Kier molecular flexibility index (Phi) is 3.22. The van der Waals surface area contributed by atoms with E-state index in [0.717, 1.165) is 15.9 Å². The summed E-state index contributed by atoms with van der Waals surface area (Å²) in [5.41, 5.74) is -1.27. The molecular weight excluding hydrogens is 286 g/mol. The van der Waals surface area contributed by atoms with E-state index in [4.69, 9.17) is 5.11 Å². The predicted molar refractivity (Wildman–Crippen MR) is 73.6 cm³/mol. The quantitative estimate of drug-likeness (QED) is 0.807. The van der Waals surface area contributed by atoms with Crippen molar-refractivity contribution in [3.05, 3.63) is 25.7 Å². The maximum atomic E-state index is 12.2. The molecule has 0 aliphatic carbocycles. The van der Waals surface area contributed by atoms with Gasteiger partial charge < -0.3 is 10.4 Å². The van der Waals surface area contributed by atoms with Crippen molar-refractivity contribution in [2.45, 2.75) is 6.92 Å². The molecule has 9 heteroatoms. The van der Waals surface area contributed by atoms with Crippen LogP contribution in [0.25, 0.3) is 10.2 Å². The Balaban J connectivity index is 3.05. The van der Waals surface area contributed by atoms with Crippen LogP contribution < -0.4 is 16.6 Å². The highest BCUT2D eigenvalue weighted by Crippen LogP contribution is 2.32. The molecule has 2 N–H and O–H groups in total. The molecule has 0 radical (unpaired) electrons. The predicted octanol–water partition coefficient (Wildman–Crippen LogP) is -0.0447. The van der Waals surface area contributed by atoms with Gasteiger partial charge in [0.05, 0.1) is 11.1 Å². The van der Waals surface area contributed by atoms with Crippen LogP contribution in [0.1, 0.15) is 16.6 Å². The van der Waals surface area contributed by atoms with Crippen LogP contribution in [0.3, 0.4) is 0 Å². The first-order chi connectivity index (χ1) is 9.25. The van der Waals surface area contributed by atoms with Crippen LogP contribution in [0.5, 0.6) is 0 Å². The number of hydrogen-bond acceptors (Lipinski definition) is 5. The van der Waals surface area contributed by atoms with Gasteiger partial charge >= 0.3 is 11.7 Å². The van der Waals surface area contributed by atoms with Crippen molar-refractivity contribution in [1.29, 1.82) is 0 Å². The van der Waals surface area contributed by atoms with Gasteiger partial charge in [-0.3, -0.25) is 18.7 Å². The Morgan fingerprint density at radius 1 is 1.20 bits per heavy atom. The summed E-state index contributed by atoms with van der Waals surface area (Å²) in [5, 5.41) is 11.5. The van der Waals surface area contributed by atoms with Crippen molar-refractivity contribution >= 4 is 39.1 Å². The molecule has 1 amide bonds. The number of rotatable bonds is 2. The van der Waals surface area contributed by atoms with Gasteiger partial charge in [0, 0.05) is 21.0 Å². The maximum Gasteiger partial charge on any atom is 0.348 e. The summed E-state index contributed by atoms with van der Waals surface area (Å²) < 4.78 is 2.05. The van der Waals surface area contributed by atoms with Crippen LogP contribution in [0.15, 0.2) is 9.59 Å². The summed E-state index contributed by atoms with van der Waals surface area (Å²) in [6, 6.07) is 0. The number of fused-ring (bicyclic) bond motifs is 1. The second-order valence-electron chi connectivity index (χ2n) is 4.18. The van der Waals surface area contributed by atoms with Crippen molar-refractivity contribution in [3.8, 4) is 0 Å². The SMILES string of the molecule is CC(=O)Nc1c(C(=O)O)sc2c1c(=O)n(C)c(=O)n2C. The highest BCUT2D eigenvalue weighted by Gasteiger charge is 2.24. The molecule has 0 unspecified atom stereocenters. The topological polar surface area (TPSA) is 110 Å². The van der Waals surface area contributed by atoms with E-state index in [1.54, 1.807) is 0 Å². The highest BCUT2D eigenvalue weighted by atomic mass is 32.1. The van der Waals surface area contributed by atoms with Gasteiger partial charge in [0.25, 0.3) is 5.56 Å². The Morgan fingerprint density at radius 3 is 2.30 bits per heavy atom. The molecule has 0 saturated heterocycles. The van der Waals surface area contributed by atoms with E-state index >= 15 is 0 Å².